The summed E-state index contributed by atoms with van der Waals surface area (Å²) in [6, 6.07) is 13.3. The van der Waals surface area contributed by atoms with Gasteiger partial charge < -0.3 is 10.4 Å². The van der Waals surface area contributed by atoms with Crippen LogP contribution in [-0.4, -0.2) is 23.0 Å². The number of rotatable bonds is 1. The zero-order valence-electron chi connectivity index (χ0n) is 13.5. The van der Waals surface area contributed by atoms with Crippen LogP contribution in [0.25, 0.3) is 0 Å². The van der Waals surface area contributed by atoms with Crippen LogP contribution in [0.3, 0.4) is 0 Å². The van der Waals surface area contributed by atoms with E-state index >= 15 is 0 Å². The number of nitrogens with zero attached hydrogens (tertiary/aromatic N) is 1. The van der Waals surface area contributed by atoms with Gasteiger partial charge in [0.25, 0.3) is 11.8 Å². The fraction of sp³-hybridized carbons (Fsp3) is 0.263. The minimum absolute atomic E-state index is 0.0743. The molecule has 0 radical (unpaired) electrons. The van der Waals surface area contributed by atoms with E-state index in [1.807, 2.05) is 13.8 Å². The minimum atomic E-state index is -1.61. The molecular weight excluding hydrogens is 304 g/mol. The average molecular weight is 322 g/mol. The lowest BCUT2D eigenvalue weighted by Gasteiger charge is -2.40. The first-order valence-electron chi connectivity index (χ1n) is 8.02. The number of para-hydroxylation sites is 1. The van der Waals surface area contributed by atoms with Crippen LogP contribution < -0.4 is 10.2 Å². The van der Waals surface area contributed by atoms with Crippen molar-refractivity contribution in [2.24, 2.45) is 5.92 Å². The number of amides is 2. The molecule has 122 valence electrons. The second-order valence-corrected chi connectivity index (χ2v) is 6.62. The molecule has 0 unspecified atom stereocenters. The molecule has 5 nitrogen and oxygen atoms in total. The van der Waals surface area contributed by atoms with Crippen molar-refractivity contribution in [3.63, 3.8) is 0 Å². The van der Waals surface area contributed by atoms with E-state index < -0.39 is 11.8 Å². The van der Waals surface area contributed by atoms with Crippen molar-refractivity contribution < 1.29 is 14.7 Å². The Bertz CT molecular complexity index is 861. The van der Waals surface area contributed by atoms with Gasteiger partial charge in [0.05, 0.1) is 17.3 Å². The summed E-state index contributed by atoms with van der Waals surface area (Å²) in [5.74, 6) is -0.644. The first-order chi connectivity index (χ1) is 11.5. The molecule has 2 N–H and O–H groups in total. The Hall–Kier alpha value is -2.66. The third-order valence-corrected chi connectivity index (χ3v) is 4.87. The number of carbonyl (C=O) groups is 2. The quantitative estimate of drug-likeness (QED) is 0.846. The molecule has 2 aliphatic heterocycles. The molecular formula is C19H18N2O3. The van der Waals surface area contributed by atoms with Crippen LogP contribution >= 0.6 is 0 Å². The highest BCUT2D eigenvalue weighted by molar-refractivity contribution is 6.15. The van der Waals surface area contributed by atoms with E-state index in [1.54, 1.807) is 48.5 Å². The van der Waals surface area contributed by atoms with E-state index in [0.29, 0.717) is 22.4 Å². The fourth-order valence-electron chi connectivity index (χ4n) is 3.80. The number of nitrogens with one attached hydrogen (secondary N) is 1. The van der Waals surface area contributed by atoms with Gasteiger partial charge in [0.1, 0.15) is 0 Å². The van der Waals surface area contributed by atoms with E-state index in [0.717, 1.165) is 0 Å². The zero-order valence-corrected chi connectivity index (χ0v) is 13.5. The Balaban J connectivity index is 2.06. The van der Waals surface area contributed by atoms with Crippen LogP contribution in [0, 0.1) is 5.92 Å². The van der Waals surface area contributed by atoms with Gasteiger partial charge in [-0.15, -0.1) is 0 Å². The van der Waals surface area contributed by atoms with Gasteiger partial charge in [-0.2, -0.15) is 0 Å². The summed E-state index contributed by atoms with van der Waals surface area (Å²) in [4.78, 5) is 27.1. The Labute approximate surface area is 139 Å². The molecule has 2 aromatic carbocycles. The third-order valence-electron chi connectivity index (χ3n) is 4.87. The van der Waals surface area contributed by atoms with E-state index in [1.165, 1.54) is 4.90 Å². The smallest absolute Gasteiger partial charge is 0.261 e. The van der Waals surface area contributed by atoms with Crippen molar-refractivity contribution in [2.45, 2.75) is 25.6 Å². The van der Waals surface area contributed by atoms with Crippen molar-refractivity contribution in [1.82, 2.24) is 5.32 Å². The maximum absolute atomic E-state index is 13.1. The van der Waals surface area contributed by atoms with E-state index in [9.17, 15) is 14.7 Å². The molecule has 0 aromatic heterocycles. The van der Waals surface area contributed by atoms with Gasteiger partial charge in [-0.3, -0.25) is 14.5 Å². The zero-order chi connectivity index (χ0) is 17.1. The SMILES string of the molecule is CC(C)[C@@H]1NC(=O)c2ccccc2N2C(=O)c3ccccc3[C@]12O. The van der Waals surface area contributed by atoms with E-state index in [-0.39, 0.29) is 17.7 Å². The molecule has 2 atom stereocenters. The third kappa shape index (κ3) is 1.73. The van der Waals surface area contributed by atoms with Gasteiger partial charge in [-0.05, 0) is 24.1 Å². The predicted molar refractivity (Wildman–Crippen MR) is 89.7 cm³/mol. The van der Waals surface area contributed by atoms with Crippen molar-refractivity contribution in [3.8, 4) is 0 Å². The number of aliphatic hydroxyl groups is 1. The minimum Gasteiger partial charge on any atom is -0.365 e. The monoisotopic (exact) mass is 322 g/mol. The van der Waals surface area contributed by atoms with Crippen molar-refractivity contribution >= 4 is 17.5 Å². The summed E-state index contributed by atoms with van der Waals surface area (Å²) < 4.78 is 0. The average Bonchev–Trinajstić information content (AvgIpc) is 2.74. The second-order valence-electron chi connectivity index (χ2n) is 6.62. The molecule has 0 spiro atoms. The lowest BCUT2D eigenvalue weighted by Crippen LogP contribution is -2.59. The lowest BCUT2D eigenvalue weighted by molar-refractivity contribution is -0.00866. The summed E-state index contributed by atoms with van der Waals surface area (Å²) in [7, 11) is 0. The standard InChI is InChI=1S/C19H18N2O3/c1-11(2)16-19(24)14-9-5-3-7-12(14)18(23)21(19)15-10-6-4-8-13(15)17(22)20-16/h3-11,16,24H,1-2H3,(H,20,22)/t16-,19-/m0/s1. The Morgan fingerprint density at radius 3 is 2.38 bits per heavy atom. The van der Waals surface area contributed by atoms with Crippen LogP contribution in [0.15, 0.2) is 48.5 Å². The maximum Gasteiger partial charge on any atom is 0.261 e. The molecule has 0 aliphatic carbocycles. The molecule has 0 saturated heterocycles. The highest BCUT2D eigenvalue weighted by Gasteiger charge is 2.57. The van der Waals surface area contributed by atoms with E-state index in [4.69, 9.17) is 0 Å². The Kier molecular flexibility index (Phi) is 3.05. The molecule has 24 heavy (non-hydrogen) atoms. The Morgan fingerprint density at radius 2 is 1.67 bits per heavy atom. The van der Waals surface area contributed by atoms with Gasteiger partial charge >= 0.3 is 0 Å². The van der Waals surface area contributed by atoms with Crippen LogP contribution in [0.5, 0.6) is 0 Å². The molecule has 2 aliphatic rings. The predicted octanol–water partition coefficient (Wildman–Crippen LogP) is 2.26. The molecule has 0 fully saturated rings. The summed E-state index contributed by atoms with van der Waals surface area (Å²) in [6.07, 6.45) is 0. The number of benzene rings is 2. The fourth-order valence-corrected chi connectivity index (χ4v) is 3.80. The highest BCUT2D eigenvalue weighted by atomic mass is 16.3. The van der Waals surface area contributed by atoms with Crippen LogP contribution in [0.4, 0.5) is 5.69 Å². The number of hydrogen-bond donors (Lipinski definition) is 2. The molecule has 2 amide bonds. The van der Waals surface area contributed by atoms with Gasteiger partial charge in [0.15, 0.2) is 5.72 Å². The highest BCUT2D eigenvalue weighted by Crippen LogP contribution is 2.46. The van der Waals surface area contributed by atoms with Crippen LogP contribution in [-0.2, 0) is 5.72 Å². The molecule has 2 heterocycles. The summed E-state index contributed by atoms with van der Waals surface area (Å²) in [5.41, 5.74) is 0.216. The number of hydrogen-bond acceptors (Lipinski definition) is 3. The molecule has 0 bridgehead atoms. The van der Waals surface area contributed by atoms with Crippen LogP contribution in [0.1, 0.15) is 40.1 Å². The van der Waals surface area contributed by atoms with E-state index in [2.05, 4.69) is 5.32 Å². The topological polar surface area (TPSA) is 69.6 Å². The maximum atomic E-state index is 13.1. The first kappa shape index (κ1) is 14.9. The number of anilines is 1. The molecule has 4 rings (SSSR count). The first-order valence-corrected chi connectivity index (χ1v) is 8.02. The lowest BCUT2D eigenvalue weighted by atomic mass is 9.87. The normalized spacial score (nSPS) is 25.0. The van der Waals surface area contributed by atoms with Gasteiger partial charge in [0.2, 0.25) is 0 Å². The summed E-state index contributed by atoms with van der Waals surface area (Å²) >= 11 is 0. The van der Waals surface area contributed by atoms with Crippen molar-refractivity contribution in [3.05, 3.63) is 65.2 Å². The molecule has 5 heteroatoms. The summed E-state index contributed by atoms with van der Waals surface area (Å²) in [6.45, 7) is 3.84. The summed E-state index contributed by atoms with van der Waals surface area (Å²) in [5, 5.41) is 14.6. The van der Waals surface area contributed by atoms with Crippen LogP contribution in [0.2, 0.25) is 0 Å². The van der Waals surface area contributed by atoms with Gasteiger partial charge in [-0.25, -0.2) is 0 Å². The van der Waals surface area contributed by atoms with Gasteiger partial charge in [0, 0.05) is 11.1 Å². The largest absolute Gasteiger partial charge is 0.365 e. The molecule has 0 saturated carbocycles. The van der Waals surface area contributed by atoms with Crippen molar-refractivity contribution in [1.29, 1.82) is 0 Å². The van der Waals surface area contributed by atoms with Crippen molar-refractivity contribution in [2.75, 3.05) is 4.90 Å². The number of fused-ring (bicyclic) bond motifs is 5. The number of carbonyl (C=O) groups excluding carboxylic acids is 2. The Morgan fingerprint density at radius 1 is 1.04 bits per heavy atom. The molecule has 2 aromatic rings. The second kappa shape index (κ2) is 4.92. The van der Waals surface area contributed by atoms with Gasteiger partial charge in [-0.1, -0.05) is 44.2 Å².